The topological polar surface area (TPSA) is 96.6 Å². The highest BCUT2D eigenvalue weighted by Crippen LogP contribution is 2.31. The van der Waals surface area contributed by atoms with Crippen molar-refractivity contribution in [2.24, 2.45) is 7.05 Å². The van der Waals surface area contributed by atoms with Gasteiger partial charge in [-0.25, -0.2) is 0 Å². The number of aromatic nitrogens is 3. The van der Waals surface area contributed by atoms with Gasteiger partial charge in [0.1, 0.15) is 23.8 Å². The molecule has 0 radical (unpaired) electrons. The van der Waals surface area contributed by atoms with Crippen molar-refractivity contribution in [2.45, 2.75) is 6.36 Å². The van der Waals surface area contributed by atoms with E-state index >= 15 is 0 Å². The van der Waals surface area contributed by atoms with Crippen molar-refractivity contribution in [1.29, 1.82) is 0 Å². The van der Waals surface area contributed by atoms with Crippen molar-refractivity contribution in [3.8, 4) is 17.2 Å². The summed E-state index contributed by atoms with van der Waals surface area (Å²) in [6.45, 7) is 0.501. The Labute approximate surface area is 202 Å². The van der Waals surface area contributed by atoms with E-state index in [1.54, 1.807) is 43.6 Å². The molecule has 0 saturated heterocycles. The lowest BCUT2D eigenvalue weighted by atomic mass is 10.1. The molecule has 9 nitrogen and oxygen atoms in total. The highest BCUT2D eigenvalue weighted by atomic mass is 19.4. The Hall–Kier alpha value is -4.32. The highest BCUT2D eigenvalue weighted by Gasteiger charge is 2.31. The van der Waals surface area contributed by atoms with Crippen LogP contribution in [0, 0.1) is 0 Å². The minimum Gasteiger partial charge on any atom is -0.490 e. The first kappa shape index (κ1) is 24.8. The first-order valence-corrected chi connectivity index (χ1v) is 10.6. The molecule has 2 aromatic heterocycles. The smallest absolute Gasteiger partial charge is 0.490 e. The van der Waals surface area contributed by atoms with Crippen LogP contribution in [0.4, 0.5) is 24.7 Å². The molecule has 12 heteroatoms. The third kappa shape index (κ3) is 5.33. The van der Waals surface area contributed by atoms with E-state index in [1.807, 2.05) is 0 Å². The van der Waals surface area contributed by atoms with Gasteiger partial charge in [0.25, 0.3) is 11.1 Å². The van der Waals surface area contributed by atoms with E-state index in [0.717, 1.165) is 16.8 Å². The van der Waals surface area contributed by atoms with Gasteiger partial charge in [-0.15, -0.1) is 18.3 Å². The molecule has 0 amide bonds. The number of nitrogens with zero attached hydrogens (tertiary/aromatic N) is 3. The monoisotopic (exact) mass is 502 g/mol. The summed E-state index contributed by atoms with van der Waals surface area (Å²) in [5.41, 5.74) is -0.499. The number of hydrogen-bond donors (Lipinski definition) is 1. The zero-order valence-electron chi connectivity index (χ0n) is 19.2. The van der Waals surface area contributed by atoms with E-state index in [2.05, 4.69) is 15.2 Å². The van der Waals surface area contributed by atoms with Gasteiger partial charge in [0.05, 0.1) is 23.1 Å². The fourth-order valence-electron chi connectivity index (χ4n) is 3.49. The number of hydrogen-bond acceptors (Lipinski definition) is 7. The highest BCUT2D eigenvalue weighted by molar-refractivity contribution is 5.97. The van der Waals surface area contributed by atoms with E-state index in [4.69, 9.17) is 9.47 Å². The molecule has 0 aliphatic heterocycles. The van der Waals surface area contributed by atoms with Gasteiger partial charge in [0.2, 0.25) is 0 Å². The van der Waals surface area contributed by atoms with Crippen LogP contribution < -0.4 is 25.9 Å². The van der Waals surface area contributed by atoms with Crippen molar-refractivity contribution in [2.75, 3.05) is 25.6 Å². The number of benzene rings is 2. The number of alkyl halides is 3. The number of halogens is 3. The molecule has 0 atom stereocenters. The molecule has 4 rings (SSSR count). The van der Waals surface area contributed by atoms with E-state index in [-0.39, 0.29) is 34.7 Å². The maximum Gasteiger partial charge on any atom is 0.573 e. The number of rotatable bonds is 8. The molecule has 188 valence electrons. The van der Waals surface area contributed by atoms with E-state index in [9.17, 15) is 22.8 Å². The second-order valence-electron chi connectivity index (χ2n) is 7.59. The molecule has 4 aromatic rings. The van der Waals surface area contributed by atoms with Crippen molar-refractivity contribution in [1.82, 2.24) is 14.3 Å². The van der Waals surface area contributed by atoms with Crippen LogP contribution in [0.25, 0.3) is 16.5 Å². The van der Waals surface area contributed by atoms with E-state index in [1.165, 1.54) is 23.8 Å². The normalized spacial score (nSPS) is 11.5. The number of ether oxygens (including phenoxy) is 3. The lowest BCUT2D eigenvalue weighted by Gasteiger charge is -2.16. The molecule has 2 heterocycles. The average molecular weight is 502 g/mol. The molecule has 0 unspecified atom stereocenters. The number of pyridine rings is 1. The Morgan fingerprint density at radius 2 is 1.72 bits per heavy atom. The van der Waals surface area contributed by atoms with Crippen LogP contribution in [0.2, 0.25) is 0 Å². The molecular weight excluding hydrogens is 481 g/mol. The number of methoxy groups -OCH3 is 1. The summed E-state index contributed by atoms with van der Waals surface area (Å²) < 4.78 is 54.7. The van der Waals surface area contributed by atoms with Crippen LogP contribution in [0.3, 0.4) is 0 Å². The molecule has 36 heavy (non-hydrogen) atoms. The van der Waals surface area contributed by atoms with Crippen LogP contribution in [0.5, 0.6) is 11.5 Å². The fourth-order valence-corrected chi connectivity index (χ4v) is 3.49. The third-order valence-electron chi connectivity index (χ3n) is 5.12. The van der Waals surface area contributed by atoms with Crippen molar-refractivity contribution >= 4 is 22.3 Å². The molecule has 0 aliphatic carbocycles. The summed E-state index contributed by atoms with van der Waals surface area (Å²) >= 11 is 0. The molecular formula is C24H21F3N4O5. The Bertz CT molecular complexity index is 1500. The molecule has 0 fully saturated rings. The van der Waals surface area contributed by atoms with Gasteiger partial charge in [-0.05, 0) is 48.5 Å². The predicted octanol–water partition coefficient (Wildman–Crippen LogP) is 3.75. The fraction of sp³-hybridized carbons (Fsp3) is 0.208. The first-order chi connectivity index (χ1) is 17.2. The number of fused-ring (bicyclic) bond motifs is 1. The molecule has 0 aliphatic rings. The number of aryl methyl sites for hydroxylation is 1. The van der Waals surface area contributed by atoms with Crippen LogP contribution in [0.1, 0.15) is 0 Å². The van der Waals surface area contributed by atoms with Crippen molar-refractivity contribution in [3.63, 3.8) is 0 Å². The number of nitrogens with one attached hydrogen (secondary N) is 1. The third-order valence-corrected chi connectivity index (χ3v) is 5.12. The SMILES string of the molecule is COCCOc1cccc2c(=O)n(-c3ccc(OC(F)(F)F)cc3)nc(Nc3cccn(C)c3=O)c12. The second-order valence-corrected chi connectivity index (χ2v) is 7.59. The van der Waals surface area contributed by atoms with Gasteiger partial charge < -0.3 is 24.1 Å². The van der Waals surface area contributed by atoms with Gasteiger partial charge >= 0.3 is 6.36 Å². The zero-order chi connectivity index (χ0) is 25.9. The van der Waals surface area contributed by atoms with Crippen LogP contribution in [0.15, 0.2) is 70.4 Å². The van der Waals surface area contributed by atoms with Crippen LogP contribution in [-0.2, 0) is 11.8 Å². The summed E-state index contributed by atoms with van der Waals surface area (Å²) in [6.07, 6.45) is -3.26. The number of anilines is 2. The predicted molar refractivity (Wildman–Crippen MR) is 126 cm³/mol. The molecule has 2 aromatic carbocycles. The maximum atomic E-state index is 13.4. The molecule has 0 bridgehead atoms. The first-order valence-electron chi connectivity index (χ1n) is 10.6. The zero-order valence-corrected chi connectivity index (χ0v) is 19.2. The molecule has 1 N–H and O–H groups in total. The van der Waals surface area contributed by atoms with Gasteiger partial charge in [-0.1, -0.05) is 6.07 Å². The second kappa shape index (κ2) is 10.1. The van der Waals surface area contributed by atoms with Gasteiger partial charge in [0.15, 0.2) is 5.82 Å². The maximum absolute atomic E-state index is 13.4. The van der Waals surface area contributed by atoms with Crippen molar-refractivity contribution < 1.29 is 27.4 Å². The standard InChI is InChI=1S/C24H21F3N4O5/c1-30-12-4-6-18(23(30)33)28-21-20-17(5-3-7-19(20)35-14-13-34-2)22(32)31(29-21)15-8-10-16(11-9-15)36-24(25,26)27/h3-12H,13-14H2,1-2H3,(H,28,29). The van der Waals surface area contributed by atoms with Crippen LogP contribution in [-0.4, -0.2) is 41.0 Å². The van der Waals surface area contributed by atoms with E-state index in [0.29, 0.717) is 17.7 Å². The molecule has 0 saturated carbocycles. The Morgan fingerprint density at radius 3 is 2.42 bits per heavy atom. The Kier molecular flexibility index (Phi) is 6.97. The quantitative estimate of drug-likeness (QED) is 0.367. The summed E-state index contributed by atoms with van der Waals surface area (Å²) in [7, 11) is 3.11. The summed E-state index contributed by atoms with van der Waals surface area (Å²) in [6, 6.07) is 12.8. The lowest BCUT2D eigenvalue weighted by Crippen LogP contribution is -2.24. The Balaban J connectivity index is 1.88. The summed E-state index contributed by atoms with van der Waals surface area (Å²) in [5, 5.41) is 7.92. The lowest BCUT2D eigenvalue weighted by molar-refractivity contribution is -0.274. The van der Waals surface area contributed by atoms with Crippen molar-refractivity contribution in [3.05, 3.63) is 81.5 Å². The largest absolute Gasteiger partial charge is 0.573 e. The van der Waals surface area contributed by atoms with Gasteiger partial charge in [0, 0.05) is 20.4 Å². The minimum atomic E-state index is -4.85. The average Bonchev–Trinajstić information content (AvgIpc) is 2.83. The van der Waals surface area contributed by atoms with Gasteiger partial charge in [-0.2, -0.15) is 4.68 Å². The van der Waals surface area contributed by atoms with Gasteiger partial charge in [-0.3, -0.25) is 9.59 Å². The van der Waals surface area contributed by atoms with Crippen LogP contribution >= 0.6 is 0 Å². The summed E-state index contributed by atoms with van der Waals surface area (Å²) in [5.74, 6) is 0.0297. The minimum absolute atomic E-state index is 0.136. The Morgan fingerprint density at radius 1 is 0.972 bits per heavy atom. The van der Waals surface area contributed by atoms with E-state index < -0.39 is 17.7 Å². The molecule has 0 spiro atoms. The summed E-state index contributed by atoms with van der Waals surface area (Å²) in [4.78, 5) is 26.0.